The topological polar surface area (TPSA) is 40.1 Å². The summed E-state index contributed by atoms with van der Waals surface area (Å²) in [5, 5.41) is 9.76. The third-order valence-corrected chi connectivity index (χ3v) is 0.984. The molecule has 48 valence electrons. The Bertz CT molecular complexity index is 73.5. The second-order valence-electron chi connectivity index (χ2n) is 1.83. The van der Waals surface area contributed by atoms with E-state index >= 15 is 0 Å². The zero-order valence-electron chi connectivity index (χ0n) is 6.14. The number of hydrogen-bond acceptors (Lipinski definition) is 2. The summed E-state index contributed by atoms with van der Waals surface area (Å²) in [6.07, 6.45) is 3.04. The molecule has 0 saturated heterocycles. The van der Waals surface area contributed by atoms with Gasteiger partial charge in [0.2, 0.25) is 0 Å². The molecule has 0 heterocycles. The quantitative estimate of drug-likeness (QED) is 0.464. The molecular formula is C6H11O2Rb. The predicted molar refractivity (Wildman–Crippen MR) is 29.1 cm³/mol. The molecule has 0 rings (SSSR count). The van der Waals surface area contributed by atoms with Crippen molar-refractivity contribution in [3.05, 3.63) is 0 Å². The molecule has 0 radical (unpaired) electrons. The van der Waals surface area contributed by atoms with Crippen molar-refractivity contribution in [1.82, 2.24) is 0 Å². The first-order chi connectivity index (χ1) is 3.77. The maximum absolute atomic E-state index is 9.76. The van der Waals surface area contributed by atoms with E-state index < -0.39 is 5.97 Å². The molecule has 0 N–H and O–H groups in total. The molecule has 0 aromatic carbocycles. The van der Waals surface area contributed by atoms with E-state index in [1.165, 1.54) is 0 Å². The minimum absolute atomic E-state index is 0. The van der Waals surface area contributed by atoms with Crippen molar-refractivity contribution in [1.29, 1.82) is 0 Å². The number of carbonyl (C=O) groups is 1. The molecule has 0 aliphatic rings. The van der Waals surface area contributed by atoms with Crippen LogP contribution in [0.15, 0.2) is 0 Å². The van der Waals surface area contributed by atoms with Gasteiger partial charge in [0, 0.05) is 5.97 Å². The van der Waals surface area contributed by atoms with E-state index in [4.69, 9.17) is 0 Å². The number of aliphatic carboxylic acids is 1. The van der Waals surface area contributed by atoms with Crippen molar-refractivity contribution in [2.24, 2.45) is 0 Å². The second kappa shape index (κ2) is 9.28. The van der Waals surface area contributed by atoms with Crippen molar-refractivity contribution in [3.8, 4) is 0 Å². The van der Waals surface area contributed by atoms with Crippen LogP contribution >= 0.6 is 0 Å². The summed E-state index contributed by atoms with van der Waals surface area (Å²) < 4.78 is 0. The molecule has 3 heteroatoms. The van der Waals surface area contributed by atoms with E-state index in [0.717, 1.165) is 19.3 Å². The number of rotatable bonds is 4. The summed E-state index contributed by atoms with van der Waals surface area (Å²) in [5.41, 5.74) is 0. The Morgan fingerprint density at radius 2 is 2.00 bits per heavy atom. The molecule has 0 amide bonds. The number of carboxylic acids is 1. The van der Waals surface area contributed by atoms with E-state index in [1.54, 1.807) is 0 Å². The van der Waals surface area contributed by atoms with Crippen LogP contribution in [0.25, 0.3) is 0 Å². The summed E-state index contributed by atoms with van der Waals surface area (Å²) in [5.74, 6) is -0.932. The fraction of sp³-hybridized carbons (Fsp3) is 0.833. The Hall–Kier alpha value is 1.28. The van der Waals surface area contributed by atoms with E-state index in [2.05, 4.69) is 0 Å². The Morgan fingerprint density at radius 1 is 1.44 bits per heavy atom. The molecule has 9 heavy (non-hydrogen) atoms. The molecule has 0 fully saturated rings. The van der Waals surface area contributed by atoms with E-state index in [1.807, 2.05) is 6.92 Å². The fourth-order valence-electron chi connectivity index (χ4n) is 0.519. The largest absolute Gasteiger partial charge is 1.00 e. The standard InChI is InChI=1S/C6H12O2.Rb/c1-2-3-4-5-6(7)8;/h2-5H2,1H3,(H,7,8);/q;+1/p-1. The maximum atomic E-state index is 9.76. The van der Waals surface area contributed by atoms with Crippen molar-refractivity contribution >= 4 is 5.97 Å². The van der Waals surface area contributed by atoms with Gasteiger partial charge in [-0.05, 0) is 12.8 Å². The Kier molecular flexibility index (Phi) is 13.3. The van der Waals surface area contributed by atoms with Crippen LogP contribution < -0.4 is 63.3 Å². The third kappa shape index (κ3) is 12.5. The molecular weight excluding hydrogens is 190 g/mol. The number of unbranched alkanes of at least 4 members (excludes halogenated alkanes) is 2. The van der Waals surface area contributed by atoms with Gasteiger partial charge in [-0.1, -0.05) is 19.8 Å². The zero-order chi connectivity index (χ0) is 6.41. The molecule has 0 aromatic rings. The van der Waals surface area contributed by atoms with E-state index in [9.17, 15) is 9.90 Å². The van der Waals surface area contributed by atoms with Gasteiger partial charge >= 0.3 is 58.2 Å². The molecule has 0 spiro atoms. The number of hydrogen-bond donors (Lipinski definition) is 0. The van der Waals surface area contributed by atoms with Crippen LogP contribution in [0.2, 0.25) is 0 Å². The van der Waals surface area contributed by atoms with Gasteiger partial charge in [0.05, 0.1) is 0 Å². The molecule has 0 atom stereocenters. The van der Waals surface area contributed by atoms with Crippen LogP contribution in [0.5, 0.6) is 0 Å². The van der Waals surface area contributed by atoms with Crippen LogP contribution in [-0.2, 0) is 4.79 Å². The monoisotopic (exact) mass is 200 g/mol. The first-order valence-electron chi connectivity index (χ1n) is 2.97. The van der Waals surface area contributed by atoms with Gasteiger partial charge in [0.25, 0.3) is 0 Å². The molecule has 0 saturated carbocycles. The Morgan fingerprint density at radius 3 is 2.33 bits per heavy atom. The van der Waals surface area contributed by atoms with Crippen LogP contribution in [0.3, 0.4) is 0 Å². The van der Waals surface area contributed by atoms with Crippen molar-refractivity contribution in [3.63, 3.8) is 0 Å². The van der Waals surface area contributed by atoms with Gasteiger partial charge < -0.3 is 9.90 Å². The Balaban J connectivity index is 0. The molecule has 0 bridgehead atoms. The Labute approximate surface area is 105 Å². The first kappa shape index (κ1) is 12.9. The summed E-state index contributed by atoms with van der Waals surface area (Å²) in [6, 6.07) is 0. The zero-order valence-corrected chi connectivity index (χ0v) is 11.1. The number of carboxylic acid groups (broad SMARTS) is 1. The molecule has 0 aromatic heterocycles. The van der Waals surface area contributed by atoms with Crippen LogP contribution in [0.1, 0.15) is 32.6 Å². The van der Waals surface area contributed by atoms with E-state index in [0.29, 0.717) is 0 Å². The van der Waals surface area contributed by atoms with Gasteiger partial charge in [-0.3, -0.25) is 0 Å². The van der Waals surface area contributed by atoms with Gasteiger partial charge in [-0.15, -0.1) is 0 Å². The van der Waals surface area contributed by atoms with Gasteiger partial charge in [-0.25, -0.2) is 0 Å². The average Bonchev–Trinajstić information content (AvgIpc) is 1.66. The molecule has 0 aliphatic heterocycles. The smallest absolute Gasteiger partial charge is 0.550 e. The van der Waals surface area contributed by atoms with Crippen LogP contribution in [-0.4, -0.2) is 5.97 Å². The normalized spacial score (nSPS) is 8.11. The summed E-state index contributed by atoms with van der Waals surface area (Å²) in [6.45, 7) is 2.04. The summed E-state index contributed by atoms with van der Waals surface area (Å²) in [4.78, 5) is 9.76. The van der Waals surface area contributed by atoms with Crippen molar-refractivity contribution in [2.45, 2.75) is 32.6 Å². The molecule has 2 nitrogen and oxygen atoms in total. The minimum Gasteiger partial charge on any atom is -0.550 e. The second-order valence-corrected chi connectivity index (χ2v) is 1.83. The van der Waals surface area contributed by atoms with Gasteiger partial charge in [0.15, 0.2) is 0 Å². The van der Waals surface area contributed by atoms with E-state index in [-0.39, 0.29) is 64.6 Å². The summed E-state index contributed by atoms with van der Waals surface area (Å²) >= 11 is 0. The minimum atomic E-state index is -0.932. The number of carbonyl (C=O) groups excluding carboxylic acids is 1. The van der Waals surface area contributed by atoms with Gasteiger partial charge in [-0.2, -0.15) is 0 Å². The predicted octanol–water partition coefficient (Wildman–Crippen LogP) is -2.68. The van der Waals surface area contributed by atoms with Crippen molar-refractivity contribution < 1.29 is 68.1 Å². The molecule has 0 unspecified atom stereocenters. The van der Waals surface area contributed by atoms with Crippen LogP contribution in [0, 0.1) is 0 Å². The van der Waals surface area contributed by atoms with Crippen molar-refractivity contribution in [2.75, 3.05) is 0 Å². The SMILES string of the molecule is CCCCCC(=O)[O-].[Rb+]. The first-order valence-corrected chi connectivity index (χ1v) is 2.97. The molecule has 0 aliphatic carbocycles. The third-order valence-electron chi connectivity index (χ3n) is 0.984. The fourth-order valence-corrected chi connectivity index (χ4v) is 0.519. The van der Waals surface area contributed by atoms with Crippen LogP contribution in [0.4, 0.5) is 0 Å². The van der Waals surface area contributed by atoms with Gasteiger partial charge in [0.1, 0.15) is 0 Å². The maximum Gasteiger partial charge on any atom is 1.00 e. The average molecular weight is 201 g/mol. The summed E-state index contributed by atoms with van der Waals surface area (Å²) in [7, 11) is 0.